The summed E-state index contributed by atoms with van der Waals surface area (Å²) in [6.07, 6.45) is 1.39. The van der Waals surface area contributed by atoms with E-state index in [2.05, 4.69) is 5.32 Å². The number of nitrogens with two attached hydrogens (primary N) is 1. The molecule has 0 aromatic rings. The fourth-order valence-corrected chi connectivity index (χ4v) is 2.12. The first kappa shape index (κ1) is 14.4. The van der Waals surface area contributed by atoms with Crippen LogP contribution in [0.5, 0.6) is 0 Å². The van der Waals surface area contributed by atoms with Gasteiger partial charge in [-0.25, -0.2) is 0 Å². The lowest BCUT2D eigenvalue weighted by molar-refractivity contribution is -0.138. The number of rotatable bonds is 5. The molecule has 100 valence electrons. The molecule has 1 heterocycles. The van der Waals surface area contributed by atoms with Crippen molar-refractivity contribution in [2.24, 2.45) is 11.1 Å². The van der Waals surface area contributed by atoms with E-state index in [1.807, 2.05) is 13.8 Å². The van der Waals surface area contributed by atoms with Crippen LogP contribution in [0.2, 0.25) is 0 Å². The van der Waals surface area contributed by atoms with Crippen molar-refractivity contribution < 1.29 is 14.3 Å². The van der Waals surface area contributed by atoms with Crippen LogP contribution in [0.1, 0.15) is 26.7 Å². The van der Waals surface area contributed by atoms with E-state index in [9.17, 15) is 4.79 Å². The van der Waals surface area contributed by atoms with Gasteiger partial charge in [-0.2, -0.15) is 0 Å². The summed E-state index contributed by atoms with van der Waals surface area (Å²) < 4.78 is 10.4. The van der Waals surface area contributed by atoms with Crippen LogP contribution in [0.15, 0.2) is 0 Å². The minimum Gasteiger partial charge on any atom is -0.382 e. The quantitative estimate of drug-likeness (QED) is 0.728. The molecule has 0 bridgehead atoms. The molecule has 0 unspecified atom stereocenters. The van der Waals surface area contributed by atoms with Crippen molar-refractivity contribution >= 4 is 5.91 Å². The first-order valence-electron chi connectivity index (χ1n) is 6.05. The number of ether oxygens (including phenoxy) is 2. The molecular formula is C12H24N2O3. The Labute approximate surface area is 103 Å². The summed E-state index contributed by atoms with van der Waals surface area (Å²) in [7, 11) is 1.63. The van der Waals surface area contributed by atoms with Gasteiger partial charge in [0.15, 0.2) is 0 Å². The fourth-order valence-electron chi connectivity index (χ4n) is 2.12. The second-order valence-corrected chi connectivity index (χ2v) is 5.37. The van der Waals surface area contributed by atoms with Crippen LogP contribution in [0.3, 0.4) is 0 Å². The van der Waals surface area contributed by atoms with Gasteiger partial charge in [0, 0.05) is 26.9 Å². The lowest BCUT2D eigenvalue weighted by atomic mass is 9.79. The summed E-state index contributed by atoms with van der Waals surface area (Å²) in [5.74, 6) is 0.0188. The number of hydrogen-bond donors (Lipinski definition) is 2. The van der Waals surface area contributed by atoms with Crippen molar-refractivity contribution in [1.82, 2.24) is 5.32 Å². The third-order valence-electron chi connectivity index (χ3n) is 3.28. The molecule has 0 radical (unpaired) electrons. The first-order chi connectivity index (χ1) is 7.96. The van der Waals surface area contributed by atoms with Crippen molar-refractivity contribution in [3.8, 4) is 0 Å². The molecule has 1 amide bonds. The van der Waals surface area contributed by atoms with E-state index in [4.69, 9.17) is 15.2 Å². The van der Waals surface area contributed by atoms with Gasteiger partial charge in [0.1, 0.15) is 0 Å². The molecule has 1 aliphatic rings. The molecule has 1 aliphatic heterocycles. The molecule has 1 fully saturated rings. The lowest BCUT2D eigenvalue weighted by Crippen LogP contribution is -2.56. The number of methoxy groups -OCH3 is 1. The van der Waals surface area contributed by atoms with Gasteiger partial charge in [0.05, 0.1) is 17.6 Å². The summed E-state index contributed by atoms with van der Waals surface area (Å²) in [5.41, 5.74) is 4.95. The van der Waals surface area contributed by atoms with Crippen LogP contribution < -0.4 is 11.1 Å². The van der Waals surface area contributed by atoms with Gasteiger partial charge in [-0.1, -0.05) is 0 Å². The second-order valence-electron chi connectivity index (χ2n) is 5.37. The molecule has 0 aromatic carbocycles. The Morgan fingerprint density at radius 2 is 2.06 bits per heavy atom. The SMILES string of the molecule is COCC(C)(C)NC(=O)C1(CN)CCOCC1. The zero-order valence-electron chi connectivity index (χ0n) is 11.0. The summed E-state index contributed by atoms with van der Waals surface area (Å²) in [6, 6.07) is 0. The Bertz CT molecular complexity index is 260. The smallest absolute Gasteiger partial charge is 0.228 e. The maximum absolute atomic E-state index is 12.3. The van der Waals surface area contributed by atoms with E-state index in [0.717, 1.165) is 0 Å². The number of amides is 1. The average molecular weight is 244 g/mol. The van der Waals surface area contributed by atoms with Crippen LogP contribution >= 0.6 is 0 Å². The monoisotopic (exact) mass is 244 g/mol. The number of nitrogens with one attached hydrogen (secondary N) is 1. The minimum atomic E-state index is -0.469. The Morgan fingerprint density at radius 1 is 1.47 bits per heavy atom. The Balaban J connectivity index is 2.66. The van der Waals surface area contributed by atoms with E-state index in [1.54, 1.807) is 7.11 Å². The molecule has 0 aromatic heterocycles. The molecule has 1 saturated heterocycles. The summed E-state index contributed by atoms with van der Waals surface area (Å²) >= 11 is 0. The number of carbonyl (C=O) groups excluding carboxylic acids is 1. The highest BCUT2D eigenvalue weighted by Gasteiger charge is 2.40. The molecule has 1 rings (SSSR count). The van der Waals surface area contributed by atoms with Crippen LogP contribution in [0.4, 0.5) is 0 Å². The highest BCUT2D eigenvalue weighted by Crippen LogP contribution is 2.30. The van der Waals surface area contributed by atoms with E-state index in [1.165, 1.54) is 0 Å². The van der Waals surface area contributed by atoms with Crippen LogP contribution in [-0.4, -0.2) is 44.9 Å². The van der Waals surface area contributed by atoms with Crippen LogP contribution in [0.25, 0.3) is 0 Å². The largest absolute Gasteiger partial charge is 0.382 e. The molecule has 5 heteroatoms. The average Bonchev–Trinajstić information content (AvgIpc) is 2.29. The van der Waals surface area contributed by atoms with Crippen molar-refractivity contribution in [3.63, 3.8) is 0 Å². The Hall–Kier alpha value is -0.650. The van der Waals surface area contributed by atoms with Gasteiger partial charge in [0.2, 0.25) is 5.91 Å². The topological polar surface area (TPSA) is 73.6 Å². The minimum absolute atomic E-state index is 0.0188. The van der Waals surface area contributed by atoms with Gasteiger partial charge >= 0.3 is 0 Å². The van der Waals surface area contributed by atoms with Gasteiger partial charge in [0.25, 0.3) is 0 Å². The summed E-state index contributed by atoms with van der Waals surface area (Å²) in [6.45, 7) is 5.95. The maximum Gasteiger partial charge on any atom is 0.228 e. The van der Waals surface area contributed by atoms with Gasteiger partial charge in [-0.05, 0) is 26.7 Å². The van der Waals surface area contributed by atoms with E-state index >= 15 is 0 Å². The normalized spacial score (nSPS) is 20.0. The van der Waals surface area contributed by atoms with E-state index in [0.29, 0.717) is 39.2 Å². The van der Waals surface area contributed by atoms with Crippen LogP contribution in [-0.2, 0) is 14.3 Å². The zero-order valence-corrected chi connectivity index (χ0v) is 11.0. The molecule has 5 nitrogen and oxygen atoms in total. The van der Waals surface area contributed by atoms with Crippen molar-refractivity contribution in [2.75, 3.05) is 33.5 Å². The standard InChI is InChI=1S/C12H24N2O3/c1-11(2,9-16-3)14-10(15)12(8-13)4-6-17-7-5-12/h4-9,13H2,1-3H3,(H,14,15). The Morgan fingerprint density at radius 3 is 2.53 bits per heavy atom. The molecule has 0 saturated carbocycles. The first-order valence-corrected chi connectivity index (χ1v) is 6.05. The summed E-state index contributed by atoms with van der Waals surface area (Å²) in [5, 5.41) is 3.02. The molecule has 17 heavy (non-hydrogen) atoms. The van der Waals surface area contributed by atoms with Gasteiger partial charge in [-0.3, -0.25) is 4.79 Å². The van der Waals surface area contributed by atoms with Gasteiger partial charge in [-0.15, -0.1) is 0 Å². The third-order valence-corrected chi connectivity index (χ3v) is 3.28. The molecule has 0 spiro atoms. The van der Waals surface area contributed by atoms with Gasteiger partial charge < -0.3 is 20.5 Å². The molecule has 0 aliphatic carbocycles. The molecule has 3 N–H and O–H groups in total. The zero-order chi connectivity index (χ0) is 12.9. The number of hydrogen-bond acceptors (Lipinski definition) is 4. The maximum atomic E-state index is 12.3. The van der Waals surface area contributed by atoms with Crippen LogP contribution in [0, 0.1) is 5.41 Å². The number of carbonyl (C=O) groups is 1. The predicted octanol–water partition coefficient (Wildman–Crippen LogP) is 0.283. The van der Waals surface area contributed by atoms with Crippen molar-refractivity contribution in [2.45, 2.75) is 32.2 Å². The third kappa shape index (κ3) is 3.66. The van der Waals surface area contributed by atoms with Crippen molar-refractivity contribution in [3.05, 3.63) is 0 Å². The molecular weight excluding hydrogens is 220 g/mol. The molecule has 0 atom stereocenters. The second kappa shape index (κ2) is 5.80. The van der Waals surface area contributed by atoms with Crippen molar-refractivity contribution in [1.29, 1.82) is 0 Å². The summed E-state index contributed by atoms with van der Waals surface area (Å²) in [4.78, 5) is 12.3. The highest BCUT2D eigenvalue weighted by atomic mass is 16.5. The fraction of sp³-hybridized carbons (Fsp3) is 0.917. The van der Waals surface area contributed by atoms with E-state index in [-0.39, 0.29) is 11.4 Å². The Kier molecular flexibility index (Phi) is 4.91. The van der Waals surface area contributed by atoms with E-state index < -0.39 is 5.41 Å². The highest BCUT2D eigenvalue weighted by molar-refractivity contribution is 5.83. The lowest BCUT2D eigenvalue weighted by Gasteiger charge is -2.37. The predicted molar refractivity (Wildman–Crippen MR) is 65.6 cm³/mol.